The number of para-hydroxylation sites is 1. The quantitative estimate of drug-likeness (QED) is 0.735. The maximum Gasteiger partial charge on any atom is 0.261 e. The molecule has 0 spiro atoms. The molecule has 2 aromatic carbocycles. The number of carbonyl (C=O) groups is 1. The lowest BCUT2D eigenvalue weighted by Gasteiger charge is -2.17. The number of nitrogens with one attached hydrogen (secondary N) is 1. The molecule has 1 amide bonds. The van der Waals surface area contributed by atoms with Crippen molar-refractivity contribution >= 4 is 17.5 Å². The number of benzene rings is 2. The minimum Gasteiger partial charge on any atom is -0.492 e. The molecule has 1 atom stereocenters. The van der Waals surface area contributed by atoms with Gasteiger partial charge in [-0.2, -0.15) is 0 Å². The SMILES string of the molecule is CCC(Oc1ccccc1F)C(=O)NCCOc1ccc(Cl)cc1. The van der Waals surface area contributed by atoms with E-state index in [1.54, 1.807) is 43.3 Å². The zero-order valence-corrected chi connectivity index (χ0v) is 14.1. The van der Waals surface area contributed by atoms with Crippen LogP contribution in [-0.2, 0) is 4.79 Å². The molecule has 1 N–H and O–H groups in total. The first-order chi connectivity index (χ1) is 11.6. The van der Waals surface area contributed by atoms with Crippen molar-refractivity contribution in [3.05, 3.63) is 59.4 Å². The Morgan fingerprint density at radius 1 is 1.21 bits per heavy atom. The zero-order chi connectivity index (χ0) is 17.4. The van der Waals surface area contributed by atoms with Crippen molar-refractivity contribution < 1.29 is 18.7 Å². The fourth-order valence-electron chi connectivity index (χ4n) is 2.00. The molecule has 2 rings (SSSR count). The molecule has 1 unspecified atom stereocenters. The van der Waals surface area contributed by atoms with E-state index in [1.807, 2.05) is 0 Å². The minimum atomic E-state index is -0.752. The normalized spacial score (nSPS) is 11.6. The number of hydrogen-bond acceptors (Lipinski definition) is 3. The van der Waals surface area contributed by atoms with Crippen LogP contribution in [0, 0.1) is 5.82 Å². The molecule has 0 radical (unpaired) electrons. The van der Waals surface area contributed by atoms with Crippen molar-refractivity contribution in [2.75, 3.05) is 13.2 Å². The summed E-state index contributed by atoms with van der Waals surface area (Å²) in [4.78, 5) is 12.1. The molecule has 0 saturated carbocycles. The van der Waals surface area contributed by atoms with Gasteiger partial charge < -0.3 is 14.8 Å². The van der Waals surface area contributed by atoms with Crippen LogP contribution in [0.4, 0.5) is 4.39 Å². The van der Waals surface area contributed by atoms with E-state index in [1.165, 1.54) is 12.1 Å². The van der Waals surface area contributed by atoms with Crippen LogP contribution < -0.4 is 14.8 Å². The van der Waals surface area contributed by atoms with Crippen LogP contribution in [0.25, 0.3) is 0 Å². The lowest BCUT2D eigenvalue weighted by Crippen LogP contribution is -2.39. The molecule has 0 aromatic heterocycles. The molecule has 0 saturated heterocycles. The van der Waals surface area contributed by atoms with Crippen LogP contribution in [0.5, 0.6) is 11.5 Å². The Morgan fingerprint density at radius 2 is 1.92 bits per heavy atom. The summed E-state index contributed by atoms with van der Waals surface area (Å²) in [5.74, 6) is -0.0597. The number of hydrogen-bond donors (Lipinski definition) is 1. The highest BCUT2D eigenvalue weighted by Gasteiger charge is 2.19. The second-order valence-electron chi connectivity index (χ2n) is 5.04. The van der Waals surface area contributed by atoms with Gasteiger partial charge in [0, 0.05) is 5.02 Å². The molecule has 6 heteroatoms. The molecule has 0 aliphatic heterocycles. The summed E-state index contributed by atoms with van der Waals surface area (Å²) in [6.07, 6.45) is -0.324. The Morgan fingerprint density at radius 3 is 2.58 bits per heavy atom. The minimum absolute atomic E-state index is 0.0666. The molecular weight excluding hydrogens is 333 g/mol. The smallest absolute Gasteiger partial charge is 0.261 e. The van der Waals surface area contributed by atoms with Crippen LogP contribution >= 0.6 is 11.6 Å². The molecule has 0 heterocycles. The lowest BCUT2D eigenvalue weighted by molar-refractivity contribution is -0.128. The maximum atomic E-state index is 13.6. The standard InChI is InChI=1S/C18H19ClFNO3/c1-2-16(24-17-6-4-3-5-15(17)20)18(22)21-11-12-23-14-9-7-13(19)8-10-14/h3-10,16H,2,11-12H2,1H3,(H,21,22). The van der Waals surface area contributed by atoms with Gasteiger partial charge in [-0.1, -0.05) is 30.7 Å². The third kappa shape index (κ3) is 5.42. The Hall–Kier alpha value is -2.27. The largest absolute Gasteiger partial charge is 0.492 e. The molecule has 0 bridgehead atoms. The summed E-state index contributed by atoms with van der Waals surface area (Å²) in [5, 5.41) is 3.35. The average molecular weight is 352 g/mol. The van der Waals surface area contributed by atoms with Gasteiger partial charge in [0.2, 0.25) is 0 Å². The summed E-state index contributed by atoms with van der Waals surface area (Å²) in [6.45, 7) is 2.43. The fourth-order valence-corrected chi connectivity index (χ4v) is 2.13. The molecule has 0 aliphatic carbocycles. The number of carbonyl (C=O) groups excluding carboxylic acids is 1. The van der Waals surface area contributed by atoms with Crippen molar-refractivity contribution in [2.24, 2.45) is 0 Å². The highest BCUT2D eigenvalue weighted by Crippen LogP contribution is 2.18. The van der Waals surface area contributed by atoms with E-state index < -0.39 is 11.9 Å². The van der Waals surface area contributed by atoms with Crippen molar-refractivity contribution in [3.63, 3.8) is 0 Å². The van der Waals surface area contributed by atoms with Gasteiger partial charge in [0.1, 0.15) is 12.4 Å². The fraction of sp³-hybridized carbons (Fsp3) is 0.278. The second kappa shape index (κ2) is 9.13. The Labute approximate surface area is 145 Å². The van der Waals surface area contributed by atoms with Crippen LogP contribution in [0.1, 0.15) is 13.3 Å². The van der Waals surface area contributed by atoms with Gasteiger partial charge in [0.15, 0.2) is 17.7 Å². The summed E-state index contributed by atoms with van der Waals surface area (Å²) in [7, 11) is 0. The molecular formula is C18H19ClFNO3. The first-order valence-electron chi connectivity index (χ1n) is 7.67. The topological polar surface area (TPSA) is 47.6 Å². The number of amides is 1. The van der Waals surface area contributed by atoms with Crippen molar-refractivity contribution in [2.45, 2.75) is 19.4 Å². The lowest BCUT2D eigenvalue weighted by atomic mass is 10.2. The average Bonchev–Trinajstić information content (AvgIpc) is 2.59. The maximum absolute atomic E-state index is 13.6. The van der Waals surface area contributed by atoms with Gasteiger partial charge >= 0.3 is 0 Å². The molecule has 0 fully saturated rings. The van der Waals surface area contributed by atoms with Crippen molar-refractivity contribution in [3.8, 4) is 11.5 Å². The summed E-state index contributed by atoms with van der Waals surface area (Å²) >= 11 is 5.79. The summed E-state index contributed by atoms with van der Waals surface area (Å²) in [5.41, 5.74) is 0. The van der Waals surface area contributed by atoms with E-state index in [0.29, 0.717) is 30.3 Å². The third-order valence-corrected chi connectivity index (χ3v) is 3.50. The Kier molecular flexibility index (Phi) is 6.88. The van der Waals surface area contributed by atoms with Gasteiger partial charge in [-0.25, -0.2) is 4.39 Å². The summed E-state index contributed by atoms with van der Waals surface area (Å²) in [6, 6.07) is 13.0. The number of ether oxygens (including phenoxy) is 2. The first-order valence-corrected chi connectivity index (χ1v) is 8.05. The molecule has 4 nitrogen and oxygen atoms in total. The van der Waals surface area contributed by atoms with Gasteiger partial charge in [-0.15, -0.1) is 0 Å². The van der Waals surface area contributed by atoms with Gasteiger partial charge in [0.25, 0.3) is 5.91 Å². The Balaban J connectivity index is 1.77. The van der Waals surface area contributed by atoms with Gasteiger partial charge in [-0.3, -0.25) is 4.79 Å². The Bertz CT molecular complexity index is 664. The van der Waals surface area contributed by atoms with E-state index in [0.717, 1.165) is 0 Å². The van der Waals surface area contributed by atoms with E-state index in [4.69, 9.17) is 21.1 Å². The highest BCUT2D eigenvalue weighted by molar-refractivity contribution is 6.30. The number of halogens is 2. The predicted octanol–water partition coefficient (Wildman–Crippen LogP) is 3.83. The van der Waals surface area contributed by atoms with E-state index in [-0.39, 0.29) is 11.7 Å². The van der Waals surface area contributed by atoms with Gasteiger partial charge in [-0.05, 0) is 42.8 Å². The van der Waals surface area contributed by atoms with Crippen LogP contribution in [0.15, 0.2) is 48.5 Å². The van der Waals surface area contributed by atoms with E-state index in [2.05, 4.69) is 5.32 Å². The first kappa shape index (κ1) is 18.1. The van der Waals surface area contributed by atoms with Crippen LogP contribution in [0.3, 0.4) is 0 Å². The second-order valence-corrected chi connectivity index (χ2v) is 5.48. The monoisotopic (exact) mass is 351 g/mol. The molecule has 0 aliphatic rings. The van der Waals surface area contributed by atoms with Crippen LogP contribution in [0.2, 0.25) is 5.02 Å². The van der Waals surface area contributed by atoms with Crippen molar-refractivity contribution in [1.82, 2.24) is 5.32 Å². The third-order valence-electron chi connectivity index (χ3n) is 3.25. The predicted molar refractivity (Wildman–Crippen MR) is 91.1 cm³/mol. The van der Waals surface area contributed by atoms with E-state index in [9.17, 15) is 9.18 Å². The van der Waals surface area contributed by atoms with Gasteiger partial charge in [0.05, 0.1) is 6.54 Å². The van der Waals surface area contributed by atoms with Crippen molar-refractivity contribution in [1.29, 1.82) is 0 Å². The summed E-state index contributed by atoms with van der Waals surface area (Å²) < 4.78 is 24.5. The van der Waals surface area contributed by atoms with E-state index >= 15 is 0 Å². The zero-order valence-electron chi connectivity index (χ0n) is 13.3. The molecule has 128 valence electrons. The number of rotatable bonds is 8. The van der Waals surface area contributed by atoms with Crippen LogP contribution in [-0.4, -0.2) is 25.2 Å². The molecule has 24 heavy (non-hydrogen) atoms. The molecule has 2 aromatic rings. The highest BCUT2D eigenvalue weighted by atomic mass is 35.5.